The van der Waals surface area contributed by atoms with E-state index in [1.807, 2.05) is 58.1 Å². The maximum atomic E-state index is 12.9. The van der Waals surface area contributed by atoms with Gasteiger partial charge in [0.2, 0.25) is 6.10 Å². The number of rotatable bonds is 3. The van der Waals surface area contributed by atoms with Gasteiger partial charge in [-0.2, -0.15) is 0 Å². The van der Waals surface area contributed by atoms with Gasteiger partial charge in [-0.25, -0.2) is 4.98 Å². The van der Waals surface area contributed by atoms with Gasteiger partial charge in [-0.05, 0) is 24.3 Å². The first kappa shape index (κ1) is 18.3. The Balaban J connectivity index is 1.17. The molecule has 2 aliphatic heterocycles. The lowest BCUT2D eigenvalue weighted by atomic mass is 10.2. The summed E-state index contributed by atoms with van der Waals surface area (Å²) < 4.78 is 13.5. The fraction of sp³-hybridized carbons (Fsp3) is 0.333. The molecule has 0 saturated carbocycles. The molecule has 0 spiro atoms. The predicted molar refractivity (Wildman–Crippen MR) is 108 cm³/mol. The van der Waals surface area contributed by atoms with Crippen LogP contribution in [0.4, 0.5) is 0 Å². The lowest BCUT2D eigenvalue weighted by Gasteiger charge is -2.36. The number of imidazole rings is 1. The Morgan fingerprint density at radius 3 is 2.69 bits per heavy atom. The van der Waals surface area contributed by atoms with Crippen molar-refractivity contribution in [3.05, 3.63) is 59.5 Å². The second kappa shape index (κ2) is 7.57. The zero-order valence-corrected chi connectivity index (χ0v) is 16.6. The third-order valence-electron chi connectivity index (χ3n) is 5.32. The Hall–Kier alpha value is -2.77. The maximum absolute atomic E-state index is 12.9. The van der Waals surface area contributed by atoms with E-state index in [2.05, 4.69) is 9.88 Å². The van der Waals surface area contributed by atoms with Gasteiger partial charge in [0.05, 0.1) is 10.7 Å². The maximum Gasteiger partial charge on any atom is 0.267 e. The van der Waals surface area contributed by atoms with E-state index in [1.165, 1.54) is 0 Å². The molecule has 0 aliphatic carbocycles. The molecular formula is C21H21ClN4O3. The summed E-state index contributed by atoms with van der Waals surface area (Å²) in [6.07, 6.45) is 3.28. The third-order valence-corrected chi connectivity index (χ3v) is 5.54. The lowest BCUT2D eigenvalue weighted by molar-refractivity contribution is -0.143. The smallest absolute Gasteiger partial charge is 0.267 e. The van der Waals surface area contributed by atoms with Gasteiger partial charge in [-0.1, -0.05) is 23.7 Å². The molecule has 1 amide bonds. The molecule has 29 heavy (non-hydrogen) atoms. The molecule has 1 atom stereocenters. The van der Waals surface area contributed by atoms with Crippen molar-refractivity contribution in [2.75, 3.05) is 32.8 Å². The molecule has 1 fully saturated rings. The Kier molecular flexibility index (Phi) is 4.77. The van der Waals surface area contributed by atoms with Crippen LogP contribution in [0.1, 0.15) is 5.69 Å². The van der Waals surface area contributed by atoms with Crippen molar-refractivity contribution in [3.63, 3.8) is 0 Å². The van der Waals surface area contributed by atoms with Crippen molar-refractivity contribution in [3.8, 4) is 11.5 Å². The highest BCUT2D eigenvalue weighted by atomic mass is 35.5. The lowest BCUT2D eigenvalue weighted by Crippen LogP contribution is -2.53. The van der Waals surface area contributed by atoms with E-state index in [0.717, 1.165) is 31.0 Å². The number of pyridine rings is 1. The fourth-order valence-corrected chi connectivity index (χ4v) is 3.96. The van der Waals surface area contributed by atoms with E-state index in [0.29, 0.717) is 29.6 Å². The van der Waals surface area contributed by atoms with Gasteiger partial charge in [0, 0.05) is 45.1 Å². The number of para-hydroxylation sites is 2. The molecule has 0 N–H and O–H groups in total. The molecule has 0 bridgehead atoms. The molecule has 7 nitrogen and oxygen atoms in total. The summed E-state index contributed by atoms with van der Waals surface area (Å²) in [4.78, 5) is 21.7. The molecular weight excluding hydrogens is 392 g/mol. The first-order chi connectivity index (χ1) is 14.2. The molecule has 2 aromatic heterocycles. The van der Waals surface area contributed by atoms with Gasteiger partial charge in [-0.3, -0.25) is 9.69 Å². The van der Waals surface area contributed by atoms with Crippen LogP contribution in [0.3, 0.4) is 0 Å². The predicted octanol–water partition coefficient (Wildman–Crippen LogP) is 2.47. The number of amides is 1. The Morgan fingerprint density at radius 1 is 1.07 bits per heavy atom. The molecule has 8 heteroatoms. The number of hydrogen-bond donors (Lipinski definition) is 0. The highest BCUT2D eigenvalue weighted by molar-refractivity contribution is 6.30. The van der Waals surface area contributed by atoms with Crippen molar-refractivity contribution in [1.82, 2.24) is 19.2 Å². The molecule has 150 valence electrons. The highest BCUT2D eigenvalue weighted by Crippen LogP contribution is 2.31. The van der Waals surface area contributed by atoms with E-state index in [9.17, 15) is 4.79 Å². The summed E-state index contributed by atoms with van der Waals surface area (Å²) in [6, 6.07) is 11.2. The minimum Gasteiger partial charge on any atom is -0.485 e. The summed E-state index contributed by atoms with van der Waals surface area (Å²) in [5.74, 6) is 1.30. The van der Waals surface area contributed by atoms with Crippen LogP contribution in [0, 0.1) is 0 Å². The number of nitrogens with zero attached hydrogens (tertiary/aromatic N) is 4. The molecule has 5 rings (SSSR count). The zero-order valence-electron chi connectivity index (χ0n) is 15.8. The minimum absolute atomic E-state index is 0.0125. The SMILES string of the molecule is O=C([C@@H]1COc2ccccc2O1)N1CCN(Cc2cn3cc(Cl)ccc3n2)CC1. The topological polar surface area (TPSA) is 59.3 Å². The van der Waals surface area contributed by atoms with Gasteiger partial charge in [0.25, 0.3) is 5.91 Å². The first-order valence-corrected chi connectivity index (χ1v) is 10.1. The van der Waals surface area contributed by atoms with Crippen molar-refractivity contribution in [2.24, 2.45) is 0 Å². The zero-order chi connectivity index (χ0) is 19.8. The van der Waals surface area contributed by atoms with Crippen LogP contribution in [0.2, 0.25) is 5.02 Å². The summed E-state index contributed by atoms with van der Waals surface area (Å²) in [7, 11) is 0. The summed E-state index contributed by atoms with van der Waals surface area (Å²) in [5.41, 5.74) is 1.88. The first-order valence-electron chi connectivity index (χ1n) is 9.68. The van der Waals surface area contributed by atoms with Crippen LogP contribution in [-0.2, 0) is 11.3 Å². The summed E-state index contributed by atoms with van der Waals surface area (Å²) >= 11 is 6.04. The van der Waals surface area contributed by atoms with Crippen molar-refractivity contribution < 1.29 is 14.3 Å². The monoisotopic (exact) mass is 412 g/mol. The summed E-state index contributed by atoms with van der Waals surface area (Å²) in [5, 5.41) is 0.685. The molecule has 0 radical (unpaired) electrons. The average molecular weight is 413 g/mol. The van der Waals surface area contributed by atoms with E-state index in [4.69, 9.17) is 21.1 Å². The van der Waals surface area contributed by atoms with Crippen LogP contribution >= 0.6 is 11.6 Å². The van der Waals surface area contributed by atoms with E-state index in [-0.39, 0.29) is 12.5 Å². The number of ether oxygens (including phenoxy) is 2. The van der Waals surface area contributed by atoms with Crippen LogP contribution in [0.25, 0.3) is 5.65 Å². The van der Waals surface area contributed by atoms with Crippen molar-refractivity contribution >= 4 is 23.2 Å². The fourth-order valence-electron chi connectivity index (χ4n) is 3.79. The van der Waals surface area contributed by atoms with Crippen LogP contribution in [0.5, 0.6) is 11.5 Å². The van der Waals surface area contributed by atoms with Gasteiger partial charge in [0.1, 0.15) is 12.3 Å². The Bertz CT molecular complexity index is 1050. The number of hydrogen-bond acceptors (Lipinski definition) is 5. The van der Waals surface area contributed by atoms with Gasteiger partial charge < -0.3 is 18.8 Å². The quantitative estimate of drug-likeness (QED) is 0.661. The van der Waals surface area contributed by atoms with Crippen molar-refractivity contribution in [2.45, 2.75) is 12.6 Å². The number of aromatic nitrogens is 2. The number of piperazine rings is 1. The second-order valence-corrected chi connectivity index (χ2v) is 7.75. The third kappa shape index (κ3) is 3.75. The average Bonchev–Trinajstić information content (AvgIpc) is 3.14. The van der Waals surface area contributed by atoms with Crippen LogP contribution < -0.4 is 9.47 Å². The van der Waals surface area contributed by atoms with Gasteiger partial charge >= 0.3 is 0 Å². The van der Waals surface area contributed by atoms with Crippen LogP contribution in [-0.4, -0.2) is 64.0 Å². The second-order valence-electron chi connectivity index (χ2n) is 7.31. The van der Waals surface area contributed by atoms with Crippen LogP contribution in [0.15, 0.2) is 48.8 Å². The van der Waals surface area contributed by atoms with E-state index >= 15 is 0 Å². The molecule has 4 heterocycles. The number of carbonyl (C=O) groups is 1. The van der Waals surface area contributed by atoms with Gasteiger partial charge in [0.15, 0.2) is 11.5 Å². The number of benzene rings is 1. The normalized spacial score (nSPS) is 19.5. The standard InChI is InChI=1S/C21H21ClN4O3/c22-15-5-6-20-23-16(13-26(20)11-15)12-24-7-9-25(10-8-24)21(27)19-14-28-17-3-1-2-4-18(17)29-19/h1-6,11,13,19H,7-10,12,14H2/t19-/m0/s1. The number of fused-ring (bicyclic) bond motifs is 2. The Labute approximate surface area is 173 Å². The van der Waals surface area contributed by atoms with Crippen molar-refractivity contribution in [1.29, 1.82) is 0 Å². The number of halogens is 1. The number of carbonyl (C=O) groups excluding carboxylic acids is 1. The Morgan fingerprint density at radius 2 is 1.86 bits per heavy atom. The molecule has 2 aliphatic rings. The molecule has 1 saturated heterocycles. The van der Waals surface area contributed by atoms with E-state index in [1.54, 1.807) is 0 Å². The van der Waals surface area contributed by atoms with E-state index < -0.39 is 6.10 Å². The van der Waals surface area contributed by atoms with Gasteiger partial charge in [-0.15, -0.1) is 0 Å². The summed E-state index contributed by atoms with van der Waals surface area (Å²) in [6.45, 7) is 3.92. The molecule has 3 aromatic rings. The molecule has 1 aromatic carbocycles. The molecule has 0 unspecified atom stereocenters. The largest absolute Gasteiger partial charge is 0.485 e. The highest BCUT2D eigenvalue weighted by Gasteiger charge is 2.32. The minimum atomic E-state index is -0.584.